The van der Waals surface area contributed by atoms with Crippen molar-refractivity contribution in [3.63, 3.8) is 0 Å². The number of nitrogens with one attached hydrogen (secondary N) is 1. The number of halogens is 2. The van der Waals surface area contributed by atoms with Crippen LogP contribution < -0.4 is 16.6 Å². The van der Waals surface area contributed by atoms with Gasteiger partial charge in [0.05, 0.1) is 29.1 Å². The fourth-order valence-electron chi connectivity index (χ4n) is 4.40. The molecule has 0 radical (unpaired) electrons. The molecule has 10 nitrogen and oxygen atoms in total. The summed E-state index contributed by atoms with van der Waals surface area (Å²) in [5.41, 5.74) is 1.68. The van der Waals surface area contributed by atoms with Gasteiger partial charge >= 0.3 is 11.7 Å². The Bertz CT molecular complexity index is 1660. The van der Waals surface area contributed by atoms with Crippen LogP contribution in [0.2, 0.25) is 10.0 Å². The molecule has 0 unspecified atom stereocenters. The number of benzene rings is 1. The van der Waals surface area contributed by atoms with E-state index in [2.05, 4.69) is 15.3 Å². The van der Waals surface area contributed by atoms with Crippen molar-refractivity contribution in [2.24, 2.45) is 20.0 Å². The molecule has 1 N–H and O–H groups in total. The van der Waals surface area contributed by atoms with E-state index in [9.17, 15) is 14.4 Å². The number of carbonyl (C=O) groups is 1. The quantitative estimate of drug-likeness (QED) is 0.355. The van der Waals surface area contributed by atoms with Crippen molar-refractivity contribution in [2.45, 2.75) is 25.8 Å². The molecule has 0 bridgehead atoms. The minimum absolute atomic E-state index is 0.00985. The molecule has 1 fully saturated rings. The molecule has 192 valence electrons. The Hall–Kier alpha value is -3.63. The Morgan fingerprint density at radius 3 is 2.65 bits per heavy atom. The van der Waals surface area contributed by atoms with Gasteiger partial charge in [0.1, 0.15) is 0 Å². The number of anilines is 2. The molecular weight excluding hydrogens is 519 g/mol. The minimum atomic E-state index is -0.502. The molecule has 0 amide bonds. The first kappa shape index (κ1) is 25.0. The lowest BCUT2D eigenvalue weighted by molar-refractivity contribution is -0.144. The fraction of sp³-hybridized carbons (Fsp3) is 0.320. The zero-order valence-corrected chi connectivity index (χ0v) is 21.9. The molecule has 1 aromatic carbocycles. The SMILES string of the molecule is CCOC(=O)[C@@H]1C[C@@H]1c1cc(Nc2nc3c(c(=O)n(Cc4ccc(Cl)c(Cl)c4)c(=O)n3C)n2C)ccn1. The molecule has 37 heavy (non-hydrogen) atoms. The first-order valence-electron chi connectivity index (χ1n) is 11.7. The van der Waals surface area contributed by atoms with E-state index in [4.69, 9.17) is 27.9 Å². The van der Waals surface area contributed by atoms with Crippen molar-refractivity contribution in [2.75, 3.05) is 11.9 Å². The number of pyridine rings is 1. The highest BCUT2D eigenvalue weighted by atomic mass is 35.5. The average Bonchev–Trinajstić information content (AvgIpc) is 3.62. The van der Waals surface area contributed by atoms with Gasteiger partial charge in [-0.1, -0.05) is 29.3 Å². The zero-order valence-electron chi connectivity index (χ0n) is 20.4. The summed E-state index contributed by atoms with van der Waals surface area (Å²) >= 11 is 12.1. The third-order valence-corrected chi connectivity index (χ3v) is 7.22. The Kier molecular flexibility index (Phi) is 6.55. The van der Waals surface area contributed by atoms with Crippen LogP contribution in [-0.4, -0.2) is 36.2 Å². The van der Waals surface area contributed by atoms with Crippen LogP contribution in [0.25, 0.3) is 11.2 Å². The molecule has 1 aliphatic rings. The number of esters is 1. The van der Waals surface area contributed by atoms with E-state index < -0.39 is 11.2 Å². The number of ether oxygens (including phenoxy) is 1. The summed E-state index contributed by atoms with van der Waals surface area (Å²) in [6.07, 6.45) is 2.35. The minimum Gasteiger partial charge on any atom is -0.466 e. The summed E-state index contributed by atoms with van der Waals surface area (Å²) < 4.78 is 9.21. The third kappa shape index (κ3) is 4.62. The van der Waals surface area contributed by atoms with E-state index in [-0.39, 0.29) is 35.5 Å². The fourth-order valence-corrected chi connectivity index (χ4v) is 4.73. The molecule has 12 heteroatoms. The molecule has 4 aromatic rings. The molecule has 3 heterocycles. The molecule has 0 saturated heterocycles. The van der Waals surface area contributed by atoms with Crippen LogP contribution in [-0.2, 0) is 30.2 Å². The number of imidazole rings is 1. The lowest BCUT2D eigenvalue weighted by atomic mass is 10.2. The lowest BCUT2D eigenvalue weighted by Gasteiger charge is -2.10. The monoisotopic (exact) mass is 542 g/mol. The van der Waals surface area contributed by atoms with Gasteiger partial charge in [-0.15, -0.1) is 0 Å². The summed E-state index contributed by atoms with van der Waals surface area (Å²) in [6, 6.07) is 8.59. The molecule has 0 aliphatic heterocycles. The molecule has 1 saturated carbocycles. The number of aromatic nitrogens is 5. The second-order valence-corrected chi connectivity index (χ2v) is 9.76. The molecule has 1 aliphatic carbocycles. The van der Waals surface area contributed by atoms with Gasteiger partial charge in [0, 0.05) is 37.6 Å². The second-order valence-electron chi connectivity index (χ2n) is 8.94. The smallest absolute Gasteiger partial charge is 0.332 e. The van der Waals surface area contributed by atoms with Crippen LogP contribution in [0.5, 0.6) is 0 Å². The maximum Gasteiger partial charge on any atom is 0.332 e. The number of aryl methyl sites for hydroxylation is 2. The third-order valence-electron chi connectivity index (χ3n) is 6.48. The van der Waals surface area contributed by atoms with E-state index in [0.717, 1.165) is 10.3 Å². The van der Waals surface area contributed by atoms with Crippen LogP contribution in [0.4, 0.5) is 11.6 Å². The van der Waals surface area contributed by atoms with E-state index in [1.165, 1.54) is 4.57 Å². The Balaban J connectivity index is 1.47. The molecule has 5 rings (SSSR count). The summed E-state index contributed by atoms with van der Waals surface area (Å²) in [5.74, 6) is 0.00274. The number of carbonyl (C=O) groups excluding carboxylic acids is 1. The zero-order chi connectivity index (χ0) is 26.4. The lowest BCUT2D eigenvalue weighted by Crippen LogP contribution is -2.39. The summed E-state index contributed by atoms with van der Waals surface area (Å²) in [6.45, 7) is 2.16. The van der Waals surface area contributed by atoms with Crippen LogP contribution in [0.3, 0.4) is 0 Å². The Morgan fingerprint density at radius 2 is 1.92 bits per heavy atom. The largest absolute Gasteiger partial charge is 0.466 e. The predicted molar refractivity (Wildman–Crippen MR) is 141 cm³/mol. The van der Waals surface area contributed by atoms with Crippen molar-refractivity contribution >= 4 is 52.0 Å². The molecule has 2 atom stereocenters. The van der Waals surface area contributed by atoms with Gasteiger partial charge in [0.2, 0.25) is 5.95 Å². The van der Waals surface area contributed by atoms with Crippen molar-refractivity contribution in [1.82, 2.24) is 23.7 Å². The maximum atomic E-state index is 13.4. The predicted octanol–water partition coefficient (Wildman–Crippen LogP) is 3.59. The van der Waals surface area contributed by atoms with Gasteiger partial charge in [-0.2, -0.15) is 4.98 Å². The Labute approximate surface area is 221 Å². The summed E-state index contributed by atoms with van der Waals surface area (Å²) in [7, 11) is 3.27. The van der Waals surface area contributed by atoms with Crippen LogP contribution in [0.1, 0.15) is 30.5 Å². The van der Waals surface area contributed by atoms with Crippen molar-refractivity contribution in [1.29, 1.82) is 0 Å². The Morgan fingerprint density at radius 1 is 1.14 bits per heavy atom. The highest BCUT2D eigenvalue weighted by Gasteiger charge is 2.46. The average molecular weight is 543 g/mol. The highest BCUT2D eigenvalue weighted by Crippen LogP contribution is 2.47. The molecule has 3 aromatic heterocycles. The summed E-state index contributed by atoms with van der Waals surface area (Å²) in [4.78, 5) is 47.4. The van der Waals surface area contributed by atoms with Crippen molar-refractivity contribution < 1.29 is 9.53 Å². The normalized spacial score (nSPS) is 16.7. The number of nitrogens with zero attached hydrogens (tertiary/aromatic N) is 5. The van der Waals surface area contributed by atoms with Gasteiger partial charge in [-0.3, -0.25) is 23.7 Å². The first-order valence-corrected chi connectivity index (χ1v) is 12.4. The van der Waals surface area contributed by atoms with E-state index >= 15 is 0 Å². The second kappa shape index (κ2) is 9.68. The topological polar surface area (TPSA) is 113 Å². The van der Waals surface area contributed by atoms with Gasteiger partial charge in [0.25, 0.3) is 5.56 Å². The van der Waals surface area contributed by atoms with Gasteiger partial charge < -0.3 is 14.6 Å². The molecular formula is C25H24Cl2N6O4. The number of hydrogen-bond acceptors (Lipinski definition) is 7. The maximum absolute atomic E-state index is 13.4. The van der Waals surface area contributed by atoms with E-state index in [1.807, 2.05) is 6.07 Å². The van der Waals surface area contributed by atoms with Gasteiger partial charge in [-0.25, -0.2) is 4.79 Å². The van der Waals surface area contributed by atoms with Crippen LogP contribution >= 0.6 is 23.2 Å². The number of rotatable bonds is 7. The van der Waals surface area contributed by atoms with E-state index in [0.29, 0.717) is 40.3 Å². The first-order chi connectivity index (χ1) is 17.7. The number of fused-ring (bicyclic) bond motifs is 1. The highest BCUT2D eigenvalue weighted by molar-refractivity contribution is 6.42. The van der Waals surface area contributed by atoms with Gasteiger partial charge in [0.15, 0.2) is 11.2 Å². The van der Waals surface area contributed by atoms with Crippen molar-refractivity contribution in [3.8, 4) is 0 Å². The standard InChI is InChI=1S/C25H24Cl2N6O4/c1-4-37-23(35)16-11-15(16)19-10-14(7-8-28-19)29-24-30-21-20(31(24)2)22(34)33(25(36)32(21)3)12-13-5-6-17(26)18(27)9-13/h5-10,15-16H,4,11-12H2,1-3H3,(H,28,29,30)/t15-,16+/m0/s1. The van der Waals surface area contributed by atoms with Crippen LogP contribution in [0, 0.1) is 5.92 Å². The van der Waals surface area contributed by atoms with Crippen molar-refractivity contribution in [3.05, 3.63) is 78.7 Å². The van der Waals surface area contributed by atoms with E-state index in [1.54, 1.807) is 56.0 Å². The summed E-state index contributed by atoms with van der Waals surface area (Å²) in [5, 5.41) is 3.94. The molecule has 0 spiro atoms. The van der Waals surface area contributed by atoms with Gasteiger partial charge in [-0.05, 0) is 43.2 Å². The number of hydrogen-bond donors (Lipinski definition) is 1. The van der Waals surface area contributed by atoms with Crippen LogP contribution in [0.15, 0.2) is 46.1 Å².